The Hall–Kier alpha value is -1.54. The molecule has 1 fully saturated rings. The summed E-state index contributed by atoms with van der Waals surface area (Å²) in [6.07, 6.45) is 2.09. The van der Waals surface area contributed by atoms with E-state index in [0.29, 0.717) is 19.3 Å². The van der Waals surface area contributed by atoms with Gasteiger partial charge in [0.2, 0.25) is 15.9 Å². The number of benzene rings is 1. The minimum Gasteiger partial charge on any atom is -0.321 e. The molecule has 0 saturated carbocycles. The van der Waals surface area contributed by atoms with Crippen molar-refractivity contribution in [1.82, 2.24) is 4.31 Å². The highest BCUT2D eigenvalue weighted by atomic mass is 32.2. The lowest BCUT2D eigenvalue weighted by Gasteiger charge is -2.30. The number of carbonyl (C=O) groups is 1. The number of amides is 1. The zero-order valence-electron chi connectivity index (χ0n) is 13.6. The Morgan fingerprint density at radius 2 is 1.83 bits per heavy atom. The zero-order valence-corrected chi connectivity index (χ0v) is 14.4. The van der Waals surface area contributed by atoms with E-state index in [-0.39, 0.29) is 18.8 Å². The van der Waals surface area contributed by atoms with Gasteiger partial charge in [0.15, 0.2) is 0 Å². The molecule has 1 saturated heterocycles. The average Bonchev–Trinajstić information content (AvgIpc) is 2.56. The molecule has 5 nitrogen and oxygen atoms in total. The normalized spacial score (nSPS) is 17.0. The van der Waals surface area contributed by atoms with E-state index in [1.54, 1.807) is 0 Å². The number of hydrogen-bond donors (Lipinski definition) is 1. The van der Waals surface area contributed by atoms with E-state index in [9.17, 15) is 22.0 Å². The maximum Gasteiger partial charge on any atom is 0.227 e. The maximum absolute atomic E-state index is 13.6. The van der Waals surface area contributed by atoms with Gasteiger partial charge in [0.1, 0.15) is 17.3 Å². The van der Waals surface area contributed by atoms with Crippen LogP contribution in [0.15, 0.2) is 18.2 Å². The summed E-state index contributed by atoms with van der Waals surface area (Å²) < 4.78 is 52.8. The van der Waals surface area contributed by atoms with Crippen molar-refractivity contribution in [3.8, 4) is 0 Å². The lowest BCUT2D eigenvalue weighted by atomic mass is 9.97. The van der Waals surface area contributed by atoms with Crippen molar-refractivity contribution in [2.45, 2.75) is 32.6 Å². The summed E-state index contributed by atoms with van der Waals surface area (Å²) in [7, 11) is -3.29. The van der Waals surface area contributed by atoms with E-state index in [1.807, 2.05) is 6.92 Å². The fourth-order valence-electron chi connectivity index (χ4n) is 2.69. The van der Waals surface area contributed by atoms with Crippen molar-refractivity contribution in [2.75, 3.05) is 24.2 Å². The van der Waals surface area contributed by atoms with Crippen LogP contribution in [0.1, 0.15) is 32.6 Å². The van der Waals surface area contributed by atoms with Gasteiger partial charge in [0, 0.05) is 19.0 Å². The number of sulfonamides is 1. The first-order chi connectivity index (χ1) is 11.3. The van der Waals surface area contributed by atoms with E-state index >= 15 is 0 Å². The third kappa shape index (κ3) is 4.51. The monoisotopic (exact) mass is 360 g/mol. The molecule has 134 valence electrons. The number of nitrogens with zero attached hydrogens (tertiary/aromatic N) is 1. The minimum absolute atomic E-state index is 0.112. The smallest absolute Gasteiger partial charge is 0.227 e. The molecule has 0 aliphatic carbocycles. The van der Waals surface area contributed by atoms with E-state index in [4.69, 9.17) is 0 Å². The lowest BCUT2D eigenvalue weighted by Crippen LogP contribution is -2.42. The highest BCUT2D eigenvalue weighted by Crippen LogP contribution is 2.24. The molecule has 0 unspecified atom stereocenters. The van der Waals surface area contributed by atoms with Gasteiger partial charge in [-0.2, -0.15) is 0 Å². The number of carbonyl (C=O) groups excluding carboxylic acids is 1. The van der Waals surface area contributed by atoms with Crippen molar-refractivity contribution in [1.29, 1.82) is 0 Å². The Morgan fingerprint density at radius 3 is 2.38 bits per heavy atom. The molecule has 0 bridgehead atoms. The first kappa shape index (κ1) is 18.8. The van der Waals surface area contributed by atoms with Crippen LogP contribution in [0, 0.1) is 17.6 Å². The number of halogens is 2. The van der Waals surface area contributed by atoms with Crippen molar-refractivity contribution < 1.29 is 22.0 Å². The Morgan fingerprint density at radius 1 is 1.25 bits per heavy atom. The van der Waals surface area contributed by atoms with Crippen molar-refractivity contribution in [3.05, 3.63) is 29.8 Å². The fourth-order valence-corrected chi connectivity index (χ4v) is 4.37. The lowest BCUT2D eigenvalue weighted by molar-refractivity contribution is -0.121. The molecule has 1 heterocycles. The second-order valence-corrected chi connectivity index (χ2v) is 8.02. The molecular weight excluding hydrogens is 338 g/mol. The Kier molecular flexibility index (Phi) is 6.28. The first-order valence-electron chi connectivity index (χ1n) is 8.08. The summed E-state index contributed by atoms with van der Waals surface area (Å²) in [5.41, 5.74) is -0.458. The largest absolute Gasteiger partial charge is 0.321 e. The van der Waals surface area contributed by atoms with Gasteiger partial charge in [-0.05, 0) is 31.4 Å². The third-order valence-electron chi connectivity index (χ3n) is 4.18. The summed E-state index contributed by atoms with van der Waals surface area (Å²) >= 11 is 0. The number of unbranched alkanes of at least 4 members (excludes halogenated alkanes) is 1. The quantitative estimate of drug-likeness (QED) is 0.848. The molecular formula is C16H22F2N2O3S. The summed E-state index contributed by atoms with van der Waals surface area (Å²) in [6, 6.07) is 3.36. The Balaban J connectivity index is 1.93. The number of rotatable bonds is 6. The SMILES string of the molecule is CCCCS(=O)(=O)N1CCC(C(=O)Nc2c(F)cccc2F)CC1. The zero-order chi connectivity index (χ0) is 17.7. The van der Waals surface area contributed by atoms with Crippen LogP contribution < -0.4 is 5.32 Å². The van der Waals surface area contributed by atoms with E-state index in [1.165, 1.54) is 10.4 Å². The van der Waals surface area contributed by atoms with Gasteiger partial charge in [-0.15, -0.1) is 0 Å². The summed E-state index contributed by atoms with van der Waals surface area (Å²) in [5.74, 6) is -2.49. The Bertz CT molecular complexity index is 666. The standard InChI is InChI=1S/C16H22F2N2O3S/c1-2-3-11-24(22,23)20-9-7-12(8-10-20)16(21)19-15-13(17)5-4-6-14(15)18/h4-6,12H,2-3,7-11H2,1H3,(H,19,21). The van der Waals surface area contributed by atoms with E-state index in [2.05, 4.69) is 5.32 Å². The number of nitrogens with one attached hydrogen (secondary N) is 1. The van der Waals surface area contributed by atoms with Gasteiger partial charge in [0.25, 0.3) is 0 Å². The molecule has 1 aromatic carbocycles. The second-order valence-electron chi connectivity index (χ2n) is 5.93. The summed E-state index contributed by atoms with van der Waals surface area (Å²) in [4.78, 5) is 12.2. The molecule has 0 atom stereocenters. The number of hydrogen-bond acceptors (Lipinski definition) is 3. The molecule has 0 aromatic heterocycles. The number of para-hydroxylation sites is 1. The van der Waals surface area contributed by atoms with Crippen LogP contribution in [0.2, 0.25) is 0 Å². The van der Waals surface area contributed by atoms with Crippen molar-refractivity contribution in [3.63, 3.8) is 0 Å². The molecule has 0 radical (unpaired) electrons. The van der Waals surface area contributed by atoms with Gasteiger partial charge in [0.05, 0.1) is 5.75 Å². The number of anilines is 1. The van der Waals surface area contributed by atoms with Gasteiger partial charge in [-0.3, -0.25) is 4.79 Å². The van der Waals surface area contributed by atoms with Crippen molar-refractivity contribution in [2.24, 2.45) is 5.92 Å². The molecule has 1 amide bonds. The van der Waals surface area contributed by atoms with Crippen LogP contribution in [0.4, 0.5) is 14.5 Å². The topological polar surface area (TPSA) is 66.5 Å². The molecule has 1 aromatic rings. The van der Waals surface area contributed by atoms with Gasteiger partial charge >= 0.3 is 0 Å². The second kappa shape index (κ2) is 8.02. The van der Waals surface area contributed by atoms with E-state index < -0.39 is 39.2 Å². The van der Waals surface area contributed by atoms with Crippen LogP contribution in [0.3, 0.4) is 0 Å². The molecule has 1 aliphatic heterocycles. The highest BCUT2D eigenvalue weighted by Gasteiger charge is 2.31. The van der Waals surface area contributed by atoms with Crippen LogP contribution in [-0.2, 0) is 14.8 Å². The third-order valence-corrected chi connectivity index (χ3v) is 6.14. The summed E-state index contributed by atoms with van der Waals surface area (Å²) in [6.45, 7) is 2.43. The van der Waals surface area contributed by atoms with Crippen molar-refractivity contribution >= 4 is 21.6 Å². The van der Waals surface area contributed by atoms with Crippen LogP contribution in [0.25, 0.3) is 0 Å². The molecule has 2 rings (SSSR count). The first-order valence-corrected chi connectivity index (χ1v) is 9.68. The van der Waals surface area contributed by atoms with Gasteiger partial charge in [-0.25, -0.2) is 21.5 Å². The predicted octanol–water partition coefficient (Wildman–Crippen LogP) is 2.75. The Labute approximate surface area is 141 Å². The molecule has 8 heteroatoms. The molecule has 24 heavy (non-hydrogen) atoms. The van der Waals surface area contributed by atoms with Gasteiger partial charge < -0.3 is 5.32 Å². The minimum atomic E-state index is -3.29. The number of piperidine rings is 1. The van der Waals surface area contributed by atoms with Crippen LogP contribution in [-0.4, -0.2) is 37.5 Å². The van der Waals surface area contributed by atoms with Crippen LogP contribution >= 0.6 is 0 Å². The molecule has 1 aliphatic rings. The maximum atomic E-state index is 13.6. The van der Waals surface area contributed by atoms with Crippen LogP contribution in [0.5, 0.6) is 0 Å². The summed E-state index contributed by atoms with van der Waals surface area (Å²) in [5, 5.41) is 2.28. The predicted molar refractivity (Wildman–Crippen MR) is 88.0 cm³/mol. The molecule has 0 spiro atoms. The fraction of sp³-hybridized carbons (Fsp3) is 0.562. The average molecular weight is 360 g/mol. The van der Waals surface area contributed by atoms with Gasteiger partial charge in [-0.1, -0.05) is 19.4 Å². The van der Waals surface area contributed by atoms with E-state index in [0.717, 1.165) is 18.6 Å². The highest BCUT2D eigenvalue weighted by molar-refractivity contribution is 7.89. The molecule has 1 N–H and O–H groups in total.